The van der Waals surface area contributed by atoms with Gasteiger partial charge in [0.25, 0.3) is 10.0 Å². The first-order chi connectivity index (χ1) is 14.0. The van der Waals surface area contributed by atoms with Crippen LogP contribution >= 0.6 is 23.1 Å². The van der Waals surface area contributed by atoms with Crippen molar-refractivity contribution >= 4 is 44.0 Å². The quantitative estimate of drug-likeness (QED) is 0.624. The summed E-state index contributed by atoms with van der Waals surface area (Å²) in [5.74, 6) is -0.935. The molecule has 0 radical (unpaired) electrons. The monoisotopic (exact) mass is 476 g/mol. The fourth-order valence-corrected chi connectivity index (χ4v) is 6.97. The van der Waals surface area contributed by atoms with E-state index in [4.69, 9.17) is 11.8 Å². The van der Waals surface area contributed by atoms with E-state index in [-0.39, 0.29) is 19.9 Å². The molecule has 1 N–H and O–H groups in total. The van der Waals surface area contributed by atoms with Crippen LogP contribution in [0, 0.1) is 16.4 Å². The summed E-state index contributed by atoms with van der Waals surface area (Å²) in [4.78, 5) is 5.50. The van der Waals surface area contributed by atoms with Crippen LogP contribution in [0.1, 0.15) is 33.1 Å². The van der Waals surface area contributed by atoms with Gasteiger partial charge >= 0.3 is 0 Å². The number of hydrogen-bond acceptors (Lipinski definition) is 6. The highest BCUT2D eigenvalue weighted by atomic mass is 35.5. The molecule has 6 nitrogen and oxygen atoms in total. The van der Waals surface area contributed by atoms with E-state index >= 15 is 0 Å². The second kappa shape index (κ2) is 7.58. The molecule has 0 spiro atoms. The van der Waals surface area contributed by atoms with Gasteiger partial charge in [-0.1, -0.05) is 25.2 Å². The molecule has 0 amide bonds. The molecule has 0 saturated carbocycles. The van der Waals surface area contributed by atoms with Crippen LogP contribution in [-0.4, -0.2) is 43.5 Å². The van der Waals surface area contributed by atoms with E-state index < -0.39 is 25.9 Å². The van der Waals surface area contributed by atoms with Crippen LogP contribution in [-0.2, 0) is 10.0 Å². The Labute approximate surface area is 184 Å². The molecule has 0 aliphatic carbocycles. The lowest BCUT2D eigenvalue weighted by Crippen LogP contribution is -2.44. The molecule has 2 saturated heterocycles. The summed E-state index contributed by atoms with van der Waals surface area (Å²) in [7, 11) is -4.42. The van der Waals surface area contributed by atoms with Crippen LogP contribution < -0.4 is 9.14 Å². The van der Waals surface area contributed by atoms with E-state index in [0.29, 0.717) is 23.6 Å². The third-order valence-corrected chi connectivity index (χ3v) is 9.00. The Morgan fingerprint density at radius 1 is 1.37 bits per heavy atom. The Bertz CT molecular complexity index is 1060. The predicted octanol–water partition coefficient (Wildman–Crippen LogP) is 4.45. The Morgan fingerprint density at radius 2 is 2.13 bits per heavy atom. The zero-order chi connectivity index (χ0) is 21.7. The number of rotatable bonds is 6. The lowest BCUT2D eigenvalue weighted by Gasteiger charge is -2.33. The van der Waals surface area contributed by atoms with Crippen molar-refractivity contribution in [2.75, 3.05) is 28.8 Å². The SMILES string of the molecule is CC1(C)CN2CCCC2(CNc2ccc(S(=O)(=O)N(Cl)c3ncc(F)s3)c(F)c2)C1. The van der Waals surface area contributed by atoms with Gasteiger partial charge in [-0.15, -0.1) is 3.82 Å². The number of halogens is 3. The minimum atomic E-state index is -4.42. The number of fused-ring (bicyclic) bond motifs is 1. The van der Waals surface area contributed by atoms with Crippen LogP contribution in [0.2, 0.25) is 0 Å². The van der Waals surface area contributed by atoms with Crippen LogP contribution in [0.15, 0.2) is 29.3 Å². The number of sulfonamides is 1. The van der Waals surface area contributed by atoms with Crippen molar-refractivity contribution in [3.8, 4) is 0 Å². The summed E-state index contributed by atoms with van der Waals surface area (Å²) in [5.41, 5.74) is 0.788. The molecular formula is C19H23ClF2N4O2S2. The first kappa shape index (κ1) is 21.7. The molecule has 164 valence electrons. The highest BCUT2D eigenvalue weighted by molar-refractivity contribution is 7.94. The van der Waals surface area contributed by atoms with Gasteiger partial charge < -0.3 is 5.32 Å². The normalized spacial score (nSPS) is 23.5. The van der Waals surface area contributed by atoms with Gasteiger partial charge in [-0.25, -0.2) is 9.37 Å². The summed E-state index contributed by atoms with van der Waals surface area (Å²) in [6.07, 6.45) is 4.15. The van der Waals surface area contributed by atoms with Gasteiger partial charge in [-0.3, -0.25) is 4.90 Å². The second-order valence-corrected chi connectivity index (χ2v) is 12.0. The first-order valence-corrected chi connectivity index (χ1v) is 12.2. The van der Waals surface area contributed by atoms with Gasteiger partial charge in [-0.05, 0) is 49.4 Å². The van der Waals surface area contributed by atoms with Crippen LogP contribution in [0.4, 0.5) is 19.6 Å². The molecule has 1 atom stereocenters. The number of nitrogens with one attached hydrogen (secondary N) is 1. The third kappa shape index (κ3) is 3.90. The Balaban J connectivity index is 1.51. The summed E-state index contributed by atoms with van der Waals surface area (Å²) in [6.45, 7) is 7.31. The first-order valence-electron chi connectivity index (χ1n) is 9.63. The molecule has 11 heteroatoms. The van der Waals surface area contributed by atoms with Gasteiger partial charge in [0.1, 0.15) is 10.7 Å². The van der Waals surface area contributed by atoms with Crippen molar-refractivity contribution < 1.29 is 17.2 Å². The van der Waals surface area contributed by atoms with Gasteiger partial charge in [0.2, 0.25) is 5.13 Å². The van der Waals surface area contributed by atoms with Gasteiger partial charge in [0, 0.05) is 36.1 Å². The molecule has 2 aliphatic heterocycles. The molecule has 4 rings (SSSR count). The van der Waals surface area contributed by atoms with E-state index in [9.17, 15) is 17.2 Å². The zero-order valence-corrected chi connectivity index (χ0v) is 19.0. The second-order valence-electron chi connectivity index (χ2n) is 8.76. The lowest BCUT2D eigenvalue weighted by molar-refractivity contribution is 0.209. The fraction of sp³-hybridized carbons (Fsp3) is 0.526. The van der Waals surface area contributed by atoms with Crippen molar-refractivity contribution in [3.63, 3.8) is 0 Å². The molecule has 30 heavy (non-hydrogen) atoms. The topological polar surface area (TPSA) is 65.5 Å². The molecule has 0 bridgehead atoms. The minimum Gasteiger partial charge on any atom is -0.383 e. The Kier molecular flexibility index (Phi) is 5.49. The highest BCUT2D eigenvalue weighted by Gasteiger charge is 2.51. The summed E-state index contributed by atoms with van der Waals surface area (Å²) >= 11 is 6.28. The zero-order valence-electron chi connectivity index (χ0n) is 16.7. The number of benzene rings is 1. The molecule has 1 aromatic heterocycles. The van der Waals surface area contributed by atoms with Crippen molar-refractivity contribution in [3.05, 3.63) is 35.3 Å². The van der Waals surface area contributed by atoms with Crippen LogP contribution in [0.25, 0.3) is 0 Å². The van der Waals surface area contributed by atoms with E-state index in [2.05, 4.69) is 29.0 Å². The van der Waals surface area contributed by atoms with Crippen LogP contribution in [0.3, 0.4) is 0 Å². The summed E-state index contributed by atoms with van der Waals surface area (Å²) in [5, 5.41) is 2.30. The maximum atomic E-state index is 14.7. The Morgan fingerprint density at radius 3 is 2.80 bits per heavy atom. The average Bonchev–Trinajstić information content (AvgIpc) is 3.31. The maximum Gasteiger partial charge on any atom is 0.283 e. The van der Waals surface area contributed by atoms with E-state index in [1.807, 2.05) is 0 Å². The fourth-order valence-electron chi connectivity index (χ4n) is 4.77. The van der Waals surface area contributed by atoms with Gasteiger partial charge in [-0.2, -0.15) is 12.8 Å². The smallest absolute Gasteiger partial charge is 0.283 e. The van der Waals surface area contributed by atoms with Crippen molar-refractivity contribution in [1.82, 2.24) is 9.88 Å². The van der Waals surface area contributed by atoms with Crippen molar-refractivity contribution in [1.29, 1.82) is 0 Å². The number of thiazole rings is 1. The summed E-state index contributed by atoms with van der Waals surface area (Å²) < 4.78 is 53.4. The summed E-state index contributed by atoms with van der Waals surface area (Å²) in [6, 6.07) is 3.82. The number of nitrogens with zero attached hydrogens (tertiary/aromatic N) is 3. The molecule has 3 heterocycles. The van der Waals surface area contributed by atoms with E-state index in [1.165, 1.54) is 6.07 Å². The molecule has 2 aromatic rings. The molecule has 1 unspecified atom stereocenters. The molecular weight excluding hydrogens is 454 g/mol. The van der Waals surface area contributed by atoms with Gasteiger partial charge in [0.15, 0.2) is 5.13 Å². The number of aromatic nitrogens is 1. The largest absolute Gasteiger partial charge is 0.383 e. The predicted molar refractivity (Wildman–Crippen MR) is 114 cm³/mol. The number of hydrogen-bond donors (Lipinski definition) is 1. The average molecular weight is 477 g/mol. The number of anilines is 2. The van der Waals surface area contributed by atoms with Crippen LogP contribution in [0.5, 0.6) is 0 Å². The molecule has 2 fully saturated rings. The Hall–Kier alpha value is -1.49. The lowest BCUT2D eigenvalue weighted by atomic mass is 9.82. The minimum absolute atomic E-state index is 0.0482. The molecule has 1 aromatic carbocycles. The van der Waals surface area contributed by atoms with E-state index in [0.717, 1.165) is 50.7 Å². The standard InChI is InChI=1S/C19H23ClF2N4O2S2/c1-18(2)10-19(6-3-7-25(19)12-18)11-24-13-4-5-15(14(21)8-13)30(27,28)26(20)17-23-9-16(22)29-17/h4-5,8-9,24H,3,6-7,10-12H2,1-2H3. The van der Waals surface area contributed by atoms with E-state index in [1.54, 1.807) is 0 Å². The molecule has 2 aliphatic rings. The maximum absolute atomic E-state index is 14.7. The van der Waals surface area contributed by atoms with Crippen molar-refractivity contribution in [2.24, 2.45) is 5.41 Å². The van der Waals surface area contributed by atoms with Crippen molar-refractivity contribution in [2.45, 2.75) is 43.5 Å². The van der Waals surface area contributed by atoms with Gasteiger partial charge in [0.05, 0.1) is 6.20 Å². The highest BCUT2D eigenvalue weighted by Crippen LogP contribution is 2.47. The third-order valence-electron chi connectivity index (χ3n) is 5.83.